The van der Waals surface area contributed by atoms with Crippen molar-refractivity contribution in [3.8, 4) is 11.5 Å². The van der Waals surface area contributed by atoms with Gasteiger partial charge < -0.3 is 10.2 Å². The van der Waals surface area contributed by atoms with Crippen molar-refractivity contribution in [2.75, 3.05) is 0 Å². The maximum atomic E-state index is 8.94. The first-order chi connectivity index (χ1) is 18.1. The zero-order chi connectivity index (χ0) is 25.6. The van der Waals surface area contributed by atoms with Crippen LogP contribution in [0.15, 0.2) is 127 Å². The molecule has 0 spiro atoms. The molecule has 0 bridgehead atoms. The van der Waals surface area contributed by atoms with Gasteiger partial charge in [0.2, 0.25) is 0 Å². The van der Waals surface area contributed by atoms with Crippen LogP contribution in [0.1, 0.15) is 5.56 Å². The second-order valence-electron chi connectivity index (χ2n) is 8.67. The van der Waals surface area contributed by atoms with Gasteiger partial charge in [0.05, 0.1) is 22.1 Å². The molecule has 180 valence electrons. The van der Waals surface area contributed by atoms with Crippen LogP contribution in [0.5, 0.6) is 11.5 Å². The molecule has 0 atom stereocenters. The minimum Gasteiger partial charge on any atom is -0.508 e. The van der Waals surface area contributed by atoms with Crippen molar-refractivity contribution in [2.24, 2.45) is 0 Å². The predicted octanol–water partition coefficient (Wildman–Crippen LogP) is 8.18. The molecule has 2 heterocycles. The highest BCUT2D eigenvalue weighted by Gasteiger charge is 1.99. The van der Waals surface area contributed by atoms with E-state index in [-0.39, 0.29) is 11.5 Å². The molecule has 0 aliphatic rings. The zero-order valence-electron chi connectivity index (χ0n) is 20.4. The molecule has 0 saturated carbocycles. The van der Waals surface area contributed by atoms with Gasteiger partial charge in [-0.05, 0) is 55.5 Å². The minimum absolute atomic E-state index is 0.134. The number of nitrogens with zero attached hydrogens (tertiary/aromatic N) is 2. The van der Waals surface area contributed by atoms with Crippen LogP contribution in [0, 0.1) is 6.92 Å². The number of aromatic hydroxyl groups is 2. The molecular formula is C33H26N2O2. The molecule has 2 aromatic heterocycles. The Balaban J connectivity index is 0.000000117. The highest BCUT2D eigenvalue weighted by Crippen LogP contribution is 2.24. The molecule has 0 aliphatic heterocycles. The van der Waals surface area contributed by atoms with E-state index in [1.165, 1.54) is 33.7 Å². The van der Waals surface area contributed by atoms with E-state index in [0.29, 0.717) is 5.56 Å². The lowest BCUT2D eigenvalue weighted by atomic mass is 10.1. The van der Waals surface area contributed by atoms with Gasteiger partial charge in [0.15, 0.2) is 0 Å². The summed E-state index contributed by atoms with van der Waals surface area (Å²) in [5, 5.41) is 22.7. The topological polar surface area (TPSA) is 66.2 Å². The molecule has 0 amide bonds. The summed E-state index contributed by atoms with van der Waals surface area (Å²) < 4.78 is 0. The smallest absolute Gasteiger partial charge is 0.122 e. The van der Waals surface area contributed by atoms with E-state index in [4.69, 9.17) is 10.2 Å². The van der Waals surface area contributed by atoms with Crippen LogP contribution in [-0.4, -0.2) is 20.2 Å². The van der Waals surface area contributed by atoms with Crippen LogP contribution < -0.4 is 0 Å². The SMILES string of the molecule is Cc1c(O)cccc1O.c1ccc2nc3ccccc3cc2c1.c1ccc2nc3ccccc3cc2c1. The van der Waals surface area contributed by atoms with Crippen molar-refractivity contribution in [1.29, 1.82) is 0 Å². The van der Waals surface area contributed by atoms with Gasteiger partial charge in [0, 0.05) is 27.1 Å². The van der Waals surface area contributed by atoms with Crippen LogP contribution >= 0.6 is 0 Å². The van der Waals surface area contributed by atoms with Crippen LogP contribution in [0.2, 0.25) is 0 Å². The van der Waals surface area contributed by atoms with Crippen molar-refractivity contribution in [3.05, 3.63) is 133 Å². The molecule has 37 heavy (non-hydrogen) atoms. The number of pyridine rings is 2. The Hall–Kier alpha value is -4.96. The van der Waals surface area contributed by atoms with Crippen molar-refractivity contribution in [2.45, 2.75) is 6.92 Å². The minimum atomic E-state index is 0.134. The summed E-state index contributed by atoms with van der Waals surface area (Å²) >= 11 is 0. The molecule has 0 aliphatic carbocycles. The number of phenols is 2. The Labute approximate surface area is 215 Å². The number of hydrogen-bond donors (Lipinski definition) is 2. The quantitative estimate of drug-likeness (QED) is 0.214. The van der Waals surface area contributed by atoms with Crippen molar-refractivity contribution in [3.63, 3.8) is 0 Å². The third-order valence-corrected chi connectivity index (χ3v) is 6.13. The Bertz CT molecular complexity index is 1490. The first-order valence-corrected chi connectivity index (χ1v) is 12.0. The van der Waals surface area contributed by atoms with Gasteiger partial charge in [-0.1, -0.05) is 78.9 Å². The van der Waals surface area contributed by atoms with Gasteiger partial charge in [-0.3, -0.25) is 0 Å². The highest BCUT2D eigenvalue weighted by molar-refractivity contribution is 5.93. The Kier molecular flexibility index (Phi) is 6.91. The molecule has 4 heteroatoms. The lowest BCUT2D eigenvalue weighted by Crippen LogP contribution is -1.80. The third-order valence-electron chi connectivity index (χ3n) is 6.13. The highest BCUT2D eigenvalue weighted by atomic mass is 16.3. The van der Waals surface area contributed by atoms with E-state index in [1.54, 1.807) is 13.0 Å². The summed E-state index contributed by atoms with van der Waals surface area (Å²) in [5.74, 6) is 0.269. The maximum absolute atomic E-state index is 8.94. The van der Waals surface area contributed by atoms with E-state index < -0.39 is 0 Å². The van der Waals surface area contributed by atoms with Gasteiger partial charge in [0.1, 0.15) is 11.5 Å². The van der Waals surface area contributed by atoms with Crippen LogP contribution in [0.3, 0.4) is 0 Å². The molecule has 7 aromatic rings. The molecule has 0 unspecified atom stereocenters. The number of phenolic OH excluding ortho intramolecular Hbond substituents is 2. The molecule has 2 N–H and O–H groups in total. The Morgan fingerprint density at radius 1 is 0.405 bits per heavy atom. The van der Waals surface area contributed by atoms with Gasteiger partial charge >= 0.3 is 0 Å². The third kappa shape index (κ3) is 5.49. The van der Waals surface area contributed by atoms with Crippen LogP contribution in [0.25, 0.3) is 43.6 Å². The molecule has 7 rings (SSSR count). The van der Waals surface area contributed by atoms with E-state index in [0.717, 1.165) is 22.1 Å². The second kappa shape index (κ2) is 10.8. The summed E-state index contributed by atoms with van der Waals surface area (Å²) in [6.07, 6.45) is 0. The lowest BCUT2D eigenvalue weighted by molar-refractivity contribution is 0.443. The van der Waals surface area contributed by atoms with Crippen LogP contribution in [-0.2, 0) is 0 Å². The lowest BCUT2D eigenvalue weighted by Gasteiger charge is -1.99. The summed E-state index contributed by atoms with van der Waals surface area (Å²) in [4.78, 5) is 9.16. The summed E-state index contributed by atoms with van der Waals surface area (Å²) in [5.41, 5.74) is 4.77. The van der Waals surface area contributed by atoms with Crippen LogP contribution in [0.4, 0.5) is 0 Å². The number of rotatable bonds is 0. The summed E-state index contributed by atoms with van der Waals surface area (Å²) in [6.45, 7) is 1.66. The number of fused-ring (bicyclic) bond motifs is 4. The van der Waals surface area contributed by atoms with Crippen molar-refractivity contribution < 1.29 is 10.2 Å². The maximum Gasteiger partial charge on any atom is 0.122 e. The largest absolute Gasteiger partial charge is 0.508 e. The fraction of sp³-hybridized carbons (Fsp3) is 0.0303. The average molecular weight is 483 g/mol. The molecular weight excluding hydrogens is 456 g/mol. The van der Waals surface area contributed by atoms with Crippen molar-refractivity contribution in [1.82, 2.24) is 9.97 Å². The molecule has 5 aromatic carbocycles. The van der Waals surface area contributed by atoms with E-state index >= 15 is 0 Å². The Morgan fingerprint density at radius 2 is 0.703 bits per heavy atom. The standard InChI is InChI=1S/2C13H9N.C7H8O2/c2*1-3-7-12-10(5-1)9-11-6-2-4-8-13(11)14-12;1-5-6(8)3-2-4-7(5)9/h2*1-9H;2-4,8-9H,1H3. The van der Waals surface area contributed by atoms with E-state index in [9.17, 15) is 0 Å². The number of hydrogen-bond acceptors (Lipinski definition) is 4. The van der Waals surface area contributed by atoms with Crippen molar-refractivity contribution >= 4 is 43.6 Å². The Morgan fingerprint density at radius 3 is 1.00 bits per heavy atom. The van der Waals surface area contributed by atoms with Gasteiger partial charge in [0.25, 0.3) is 0 Å². The molecule has 0 saturated heterocycles. The number of benzene rings is 5. The van der Waals surface area contributed by atoms with E-state index in [1.807, 2.05) is 72.8 Å². The van der Waals surface area contributed by atoms with Gasteiger partial charge in [-0.25, -0.2) is 9.97 Å². The number of aromatic nitrogens is 2. The molecule has 0 radical (unpaired) electrons. The molecule has 0 fully saturated rings. The zero-order valence-corrected chi connectivity index (χ0v) is 20.4. The molecule has 4 nitrogen and oxygen atoms in total. The first kappa shape index (κ1) is 23.8. The average Bonchev–Trinajstić information content (AvgIpc) is 2.94. The van der Waals surface area contributed by atoms with E-state index in [2.05, 4.69) is 46.4 Å². The predicted molar refractivity (Wildman–Crippen MR) is 153 cm³/mol. The fourth-order valence-electron chi connectivity index (χ4n) is 4.05. The monoisotopic (exact) mass is 482 g/mol. The normalized spacial score (nSPS) is 10.5. The van der Waals surface area contributed by atoms with Gasteiger partial charge in [-0.15, -0.1) is 0 Å². The number of para-hydroxylation sites is 4. The summed E-state index contributed by atoms with van der Waals surface area (Å²) in [6, 6.07) is 41.8. The second-order valence-corrected chi connectivity index (χ2v) is 8.67. The summed E-state index contributed by atoms with van der Waals surface area (Å²) in [7, 11) is 0. The van der Waals surface area contributed by atoms with Gasteiger partial charge in [-0.2, -0.15) is 0 Å². The fourth-order valence-corrected chi connectivity index (χ4v) is 4.05. The first-order valence-electron chi connectivity index (χ1n) is 12.0.